The van der Waals surface area contributed by atoms with Crippen molar-refractivity contribution in [1.29, 1.82) is 0 Å². The van der Waals surface area contributed by atoms with Crippen LogP contribution in [0, 0.1) is 0 Å². The van der Waals surface area contributed by atoms with Crippen molar-refractivity contribution in [2.75, 3.05) is 7.05 Å². The quantitative estimate of drug-likeness (QED) is 0.901. The summed E-state index contributed by atoms with van der Waals surface area (Å²) in [6.07, 6.45) is 5.67. The molecule has 2 rings (SSSR count). The molecule has 0 aliphatic rings. The van der Waals surface area contributed by atoms with E-state index >= 15 is 0 Å². The summed E-state index contributed by atoms with van der Waals surface area (Å²) < 4.78 is 1.80. The minimum atomic E-state index is 0.294. The molecular formula is C12H16N4S. The van der Waals surface area contributed by atoms with Gasteiger partial charge in [0, 0.05) is 31.0 Å². The molecule has 0 aliphatic heterocycles. The van der Waals surface area contributed by atoms with Gasteiger partial charge < -0.3 is 5.32 Å². The van der Waals surface area contributed by atoms with Crippen molar-refractivity contribution in [3.8, 4) is 0 Å². The normalized spacial score (nSPS) is 12.6. The van der Waals surface area contributed by atoms with E-state index in [0.717, 1.165) is 9.92 Å². The van der Waals surface area contributed by atoms with Gasteiger partial charge in [-0.25, -0.2) is 4.98 Å². The molecule has 5 heteroatoms. The van der Waals surface area contributed by atoms with E-state index in [0.29, 0.717) is 6.04 Å². The maximum Gasteiger partial charge on any atom is 0.106 e. The average Bonchev–Trinajstić information content (AvgIpc) is 2.74. The Balaban J connectivity index is 2.26. The van der Waals surface area contributed by atoms with Crippen LogP contribution in [0.3, 0.4) is 0 Å². The molecule has 0 radical (unpaired) electrons. The van der Waals surface area contributed by atoms with Gasteiger partial charge in [0.1, 0.15) is 5.03 Å². The van der Waals surface area contributed by atoms with Crippen LogP contribution < -0.4 is 5.32 Å². The molecule has 2 heterocycles. The van der Waals surface area contributed by atoms with Crippen LogP contribution in [0.1, 0.15) is 18.5 Å². The van der Waals surface area contributed by atoms with Gasteiger partial charge in [-0.2, -0.15) is 5.10 Å². The van der Waals surface area contributed by atoms with E-state index in [1.165, 1.54) is 5.56 Å². The van der Waals surface area contributed by atoms with E-state index in [4.69, 9.17) is 0 Å². The van der Waals surface area contributed by atoms with Crippen molar-refractivity contribution in [1.82, 2.24) is 20.1 Å². The minimum absolute atomic E-state index is 0.294. The molecule has 0 aliphatic carbocycles. The van der Waals surface area contributed by atoms with E-state index < -0.39 is 0 Å². The summed E-state index contributed by atoms with van der Waals surface area (Å²) in [5.41, 5.74) is 1.21. The van der Waals surface area contributed by atoms with Crippen LogP contribution in [0.2, 0.25) is 0 Å². The Labute approximate surface area is 105 Å². The van der Waals surface area contributed by atoms with Gasteiger partial charge in [-0.3, -0.25) is 4.68 Å². The zero-order valence-corrected chi connectivity index (χ0v) is 11.0. The van der Waals surface area contributed by atoms with Crippen molar-refractivity contribution in [3.63, 3.8) is 0 Å². The first-order valence-corrected chi connectivity index (χ1v) is 6.31. The largest absolute Gasteiger partial charge is 0.313 e. The Bertz CT molecular complexity index is 495. The van der Waals surface area contributed by atoms with Crippen LogP contribution in [0.15, 0.2) is 40.6 Å². The van der Waals surface area contributed by atoms with E-state index in [1.807, 2.05) is 38.8 Å². The van der Waals surface area contributed by atoms with Crippen LogP contribution in [0.25, 0.3) is 0 Å². The standard InChI is InChI=1S/C12H16N4S/c1-9(13-2)11-5-4-6-14-12(11)17-10-7-15-16(3)8-10/h4-9,13H,1-3H3. The molecule has 0 aromatic carbocycles. The van der Waals surface area contributed by atoms with Crippen molar-refractivity contribution in [2.24, 2.45) is 7.05 Å². The molecule has 2 aromatic rings. The molecular weight excluding hydrogens is 232 g/mol. The Morgan fingerprint density at radius 2 is 2.29 bits per heavy atom. The van der Waals surface area contributed by atoms with Crippen LogP contribution in [0.4, 0.5) is 0 Å². The molecule has 1 unspecified atom stereocenters. The number of hydrogen-bond acceptors (Lipinski definition) is 4. The average molecular weight is 248 g/mol. The van der Waals surface area contributed by atoms with Gasteiger partial charge >= 0.3 is 0 Å². The molecule has 4 nitrogen and oxygen atoms in total. The van der Waals surface area contributed by atoms with Gasteiger partial charge in [0.2, 0.25) is 0 Å². The zero-order valence-electron chi connectivity index (χ0n) is 10.2. The van der Waals surface area contributed by atoms with E-state index in [2.05, 4.69) is 28.4 Å². The molecule has 0 saturated carbocycles. The minimum Gasteiger partial charge on any atom is -0.313 e. The second-order valence-electron chi connectivity index (χ2n) is 3.86. The fraction of sp³-hybridized carbons (Fsp3) is 0.333. The lowest BCUT2D eigenvalue weighted by Crippen LogP contribution is -2.13. The molecule has 1 atom stereocenters. The maximum absolute atomic E-state index is 4.44. The van der Waals surface area contributed by atoms with Crippen LogP contribution in [0.5, 0.6) is 0 Å². The Hall–Kier alpha value is -1.33. The first-order chi connectivity index (χ1) is 8.20. The molecule has 1 N–H and O–H groups in total. The second kappa shape index (κ2) is 5.33. The molecule has 0 spiro atoms. The van der Waals surface area contributed by atoms with E-state index in [9.17, 15) is 0 Å². The molecule has 17 heavy (non-hydrogen) atoms. The molecule has 0 bridgehead atoms. The molecule has 2 aromatic heterocycles. The Morgan fingerprint density at radius 3 is 2.94 bits per heavy atom. The van der Waals surface area contributed by atoms with Crippen LogP contribution >= 0.6 is 11.8 Å². The van der Waals surface area contributed by atoms with Gasteiger partial charge in [-0.05, 0) is 20.0 Å². The lowest BCUT2D eigenvalue weighted by Gasteiger charge is -2.13. The highest BCUT2D eigenvalue weighted by atomic mass is 32.2. The summed E-state index contributed by atoms with van der Waals surface area (Å²) in [6, 6.07) is 4.37. The fourth-order valence-corrected chi connectivity index (χ4v) is 2.54. The predicted molar refractivity (Wildman–Crippen MR) is 69.0 cm³/mol. The number of aromatic nitrogens is 3. The molecule has 0 fully saturated rings. The van der Waals surface area contributed by atoms with Gasteiger partial charge in [0.05, 0.1) is 11.1 Å². The summed E-state index contributed by atoms with van der Waals surface area (Å²) in [5.74, 6) is 0. The smallest absolute Gasteiger partial charge is 0.106 e. The monoisotopic (exact) mass is 248 g/mol. The number of nitrogens with one attached hydrogen (secondary N) is 1. The highest BCUT2D eigenvalue weighted by Crippen LogP contribution is 2.30. The van der Waals surface area contributed by atoms with Crippen molar-refractivity contribution in [2.45, 2.75) is 22.9 Å². The molecule has 90 valence electrons. The lowest BCUT2D eigenvalue weighted by molar-refractivity contribution is 0.634. The number of aryl methyl sites for hydroxylation is 1. The predicted octanol–water partition coefficient (Wildman–Crippen LogP) is 2.25. The number of hydrogen-bond donors (Lipinski definition) is 1. The van der Waals surface area contributed by atoms with Crippen molar-refractivity contribution in [3.05, 3.63) is 36.3 Å². The Morgan fingerprint density at radius 1 is 1.47 bits per heavy atom. The molecule has 0 amide bonds. The van der Waals surface area contributed by atoms with E-state index in [1.54, 1.807) is 16.4 Å². The van der Waals surface area contributed by atoms with Crippen LogP contribution in [-0.2, 0) is 7.05 Å². The lowest BCUT2D eigenvalue weighted by atomic mass is 10.1. The third-order valence-corrected chi connectivity index (χ3v) is 3.58. The highest BCUT2D eigenvalue weighted by Gasteiger charge is 2.11. The summed E-state index contributed by atoms with van der Waals surface area (Å²) in [4.78, 5) is 5.55. The molecule has 0 saturated heterocycles. The van der Waals surface area contributed by atoms with Crippen LogP contribution in [-0.4, -0.2) is 21.8 Å². The van der Waals surface area contributed by atoms with Gasteiger partial charge in [0.25, 0.3) is 0 Å². The SMILES string of the molecule is CNC(C)c1cccnc1Sc1cnn(C)c1. The zero-order chi connectivity index (χ0) is 12.3. The maximum atomic E-state index is 4.44. The number of nitrogens with zero attached hydrogens (tertiary/aromatic N) is 3. The van der Waals surface area contributed by atoms with Gasteiger partial charge in [-0.1, -0.05) is 17.8 Å². The fourth-order valence-electron chi connectivity index (χ4n) is 1.54. The number of pyridine rings is 1. The summed E-state index contributed by atoms with van der Waals surface area (Å²) in [6.45, 7) is 2.13. The third-order valence-electron chi connectivity index (χ3n) is 2.60. The van der Waals surface area contributed by atoms with Gasteiger partial charge in [-0.15, -0.1) is 0 Å². The van der Waals surface area contributed by atoms with Gasteiger partial charge in [0.15, 0.2) is 0 Å². The third kappa shape index (κ3) is 2.87. The van der Waals surface area contributed by atoms with Crippen molar-refractivity contribution >= 4 is 11.8 Å². The van der Waals surface area contributed by atoms with E-state index in [-0.39, 0.29) is 0 Å². The summed E-state index contributed by atoms with van der Waals surface area (Å²) >= 11 is 1.64. The first-order valence-electron chi connectivity index (χ1n) is 5.49. The Kier molecular flexibility index (Phi) is 3.81. The van der Waals surface area contributed by atoms with Crippen molar-refractivity contribution < 1.29 is 0 Å². The summed E-state index contributed by atoms with van der Waals surface area (Å²) in [5, 5.41) is 8.43. The first kappa shape index (κ1) is 12.1. The second-order valence-corrected chi connectivity index (χ2v) is 4.92. The topological polar surface area (TPSA) is 42.7 Å². The highest BCUT2D eigenvalue weighted by molar-refractivity contribution is 7.99. The number of rotatable bonds is 4. The summed E-state index contributed by atoms with van der Waals surface area (Å²) in [7, 11) is 3.87.